The molecule has 28 heavy (non-hydrogen) atoms. The maximum atomic E-state index is 13.5. The van der Waals surface area contributed by atoms with Crippen LogP contribution < -0.4 is 4.90 Å². The van der Waals surface area contributed by atoms with E-state index in [1.165, 1.54) is 24.3 Å². The number of halogens is 5. The van der Waals surface area contributed by atoms with Crippen LogP contribution >= 0.6 is 11.6 Å². The highest BCUT2D eigenvalue weighted by Gasteiger charge is 2.30. The summed E-state index contributed by atoms with van der Waals surface area (Å²) in [5.74, 6) is -0.765. The van der Waals surface area contributed by atoms with Crippen molar-refractivity contribution < 1.29 is 22.4 Å². The quantitative estimate of drug-likeness (QED) is 0.514. The van der Waals surface area contributed by atoms with Crippen molar-refractivity contribution in [2.45, 2.75) is 12.6 Å². The molecule has 0 bridgehead atoms. The molecule has 0 radical (unpaired) electrons. The second-order valence-electron chi connectivity index (χ2n) is 6.68. The standard InChI is InChI=1S/C20H19ClF4N2O/c21-17-6-1-14(13-18(17)22)19(28)7-8-26-9-11-27(12-10-26)16-4-2-15(3-5-16)20(23,24)25/h1-6,13H,7-12H2. The molecule has 0 amide bonds. The van der Waals surface area contributed by atoms with E-state index in [-0.39, 0.29) is 17.2 Å². The Labute approximate surface area is 165 Å². The Bertz CT molecular complexity index is 831. The summed E-state index contributed by atoms with van der Waals surface area (Å²) in [5.41, 5.74) is 0.387. The lowest BCUT2D eigenvalue weighted by atomic mass is 10.1. The number of anilines is 1. The van der Waals surface area contributed by atoms with Crippen molar-refractivity contribution in [3.8, 4) is 0 Å². The van der Waals surface area contributed by atoms with Crippen LogP contribution in [0.25, 0.3) is 0 Å². The van der Waals surface area contributed by atoms with Gasteiger partial charge in [-0.15, -0.1) is 0 Å². The third kappa shape index (κ3) is 5.02. The summed E-state index contributed by atoms with van der Waals surface area (Å²) < 4.78 is 51.4. The molecule has 0 aliphatic carbocycles. The van der Waals surface area contributed by atoms with E-state index in [4.69, 9.17) is 11.6 Å². The molecule has 3 nitrogen and oxygen atoms in total. The molecule has 150 valence electrons. The summed E-state index contributed by atoms with van der Waals surface area (Å²) in [4.78, 5) is 16.3. The number of piperazine rings is 1. The minimum Gasteiger partial charge on any atom is -0.369 e. The third-order valence-corrected chi connectivity index (χ3v) is 5.14. The van der Waals surface area contributed by atoms with Gasteiger partial charge in [-0.05, 0) is 42.5 Å². The summed E-state index contributed by atoms with van der Waals surface area (Å²) in [6, 6.07) is 9.17. The summed E-state index contributed by atoms with van der Waals surface area (Å²) in [6.07, 6.45) is -4.07. The molecule has 3 rings (SSSR count). The van der Waals surface area contributed by atoms with E-state index in [0.717, 1.165) is 23.9 Å². The Morgan fingerprint density at radius 3 is 2.21 bits per heavy atom. The largest absolute Gasteiger partial charge is 0.416 e. The van der Waals surface area contributed by atoms with Gasteiger partial charge in [0.2, 0.25) is 0 Å². The van der Waals surface area contributed by atoms with E-state index in [1.807, 2.05) is 4.90 Å². The summed E-state index contributed by atoms with van der Waals surface area (Å²) in [5, 5.41) is -0.0176. The highest BCUT2D eigenvalue weighted by atomic mass is 35.5. The maximum absolute atomic E-state index is 13.5. The zero-order valence-electron chi connectivity index (χ0n) is 15.0. The Morgan fingerprint density at radius 1 is 1.00 bits per heavy atom. The molecule has 8 heteroatoms. The monoisotopic (exact) mass is 414 g/mol. The van der Waals surface area contributed by atoms with Gasteiger partial charge < -0.3 is 4.90 Å². The second kappa shape index (κ2) is 8.49. The zero-order valence-corrected chi connectivity index (χ0v) is 15.7. The summed E-state index contributed by atoms with van der Waals surface area (Å²) in [7, 11) is 0. The van der Waals surface area contributed by atoms with E-state index in [0.29, 0.717) is 38.3 Å². The van der Waals surface area contributed by atoms with Gasteiger partial charge in [-0.1, -0.05) is 11.6 Å². The van der Waals surface area contributed by atoms with Crippen molar-refractivity contribution in [1.82, 2.24) is 4.90 Å². The van der Waals surface area contributed by atoms with Gasteiger partial charge in [-0.2, -0.15) is 13.2 Å². The number of nitrogens with zero attached hydrogens (tertiary/aromatic N) is 2. The highest BCUT2D eigenvalue weighted by molar-refractivity contribution is 6.30. The van der Waals surface area contributed by atoms with Gasteiger partial charge in [-0.3, -0.25) is 9.69 Å². The van der Waals surface area contributed by atoms with Crippen LogP contribution in [0, 0.1) is 5.82 Å². The first kappa shape index (κ1) is 20.6. The van der Waals surface area contributed by atoms with Crippen molar-refractivity contribution in [3.63, 3.8) is 0 Å². The van der Waals surface area contributed by atoms with E-state index in [2.05, 4.69) is 4.90 Å². The average Bonchev–Trinajstić information content (AvgIpc) is 2.68. The van der Waals surface area contributed by atoms with Gasteiger partial charge in [0.15, 0.2) is 5.78 Å². The number of alkyl halides is 3. The van der Waals surface area contributed by atoms with Crippen molar-refractivity contribution in [2.75, 3.05) is 37.6 Å². The minimum absolute atomic E-state index is 0.0176. The van der Waals surface area contributed by atoms with Gasteiger partial charge in [0.25, 0.3) is 0 Å². The number of carbonyl (C=O) groups excluding carboxylic acids is 1. The summed E-state index contributed by atoms with van der Waals surface area (Å²) >= 11 is 5.62. The van der Waals surface area contributed by atoms with Crippen LogP contribution in [0.4, 0.5) is 23.2 Å². The molecule has 2 aromatic carbocycles. The molecule has 0 spiro atoms. The van der Waals surface area contributed by atoms with Crippen molar-refractivity contribution in [1.29, 1.82) is 0 Å². The van der Waals surface area contributed by atoms with Crippen LogP contribution in [-0.4, -0.2) is 43.4 Å². The fourth-order valence-electron chi connectivity index (χ4n) is 3.16. The molecule has 1 aliphatic rings. The number of ketones is 1. The van der Waals surface area contributed by atoms with Crippen molar-refractivity contribution in [3.05, 3.63) is 64.4 Å². The van der Waals surface area contributed by atoms with Gasteiger partial charge in [0.1, 0.15) is 5.82 Å². The van der Waals surface area contributed by atoms with Crippen LogP contribution in [0.3, 0.4) is 0 Å². The molecule has 0 N–H and O–H groups in total. The van der Waals surface area contributed by atoms with E-state index in [9.17, 15) is 22.4 Å². The molecule has 1 fully saturated rings. The normalized spacial score (nSPS) is 15.7. The smallest absolute Gasteiger partial charge is 0.369 e. The Kier molecular flexibility index (Phi) is 6.25. The van der Waals surface area contributed by atoms with Crippen molar-refractivity contribution in [2.24, 2.45) is 0 Å². The highest BCUT2D eigenvalue weighted by Crippen LogP contribution is 2.30. The van der Waals surface area contributed by atoms with Gasteiger partial charge in [0, 0.05) is 50.4 Å². The predicted octanol–water partition coefficient (Wildman–Crippen LogP) is 4.89. The number of rotatable bonds is 5. The molecule has 1 aliphatic heterocycles. The van der Waals surface area contributed by atoms with Crippen LogP contribution in [0.2, 0.25) is 5.02 Å². The molecular weight excluding hydrogens is 396 g/mol. The number of Topliss-reactive ketones (excluding diaryl/α,β-unsaturated/α-hetero) is 1. The van der Waals surface area contributed by atoms with Crippen LogP contribution in [-0.2, 0) is 6.18 Å². The van der Waals surface area contributed by atoms with Gasteiger partial charge >= 0.3 is 6.18 Å². The zero-order chi connectivity index (χ0) is 20.3. The molecule has 2 aromatic rings. The third-order valence-electron chi connectivity index (χ3n) is 4.83. The molecule has 1 saturated heterocycles. The first-order valence-electron chi connectivity index (χ1n) is 8.87. The minimum atomic E-state index is -4.34. The Balaban J connectivity index is 1.49. The Hall–Kier alpha value is -2.12. The number of carbonyl (C=O) groups is 1. The predicted molar refractivity (Wildman–Crippen MR) is 100 cm³/mol. The fraction of sp³-hybridized carbons (Fsp3) is 0.350. The van der Waals surface area contributed by atoms with Crippen molar-refractivity contribution >= 4 is 23.1 Å². The van der Waals surface area contributed by atoms with E-state index >= 15 is 0 Å². The lowest BCUT2D eigenvalue weighted by Crippen LogP contribution is -2.46. The summed E-state index contributed by atoms with van der Waals surface area (Å²) in [6.45, 7) is 3.26. The average molecular weight is 415 g/mol. The number of hydrogen-bond acceptors (Lipinski definition) is 3. The fourth-order valence-corrected chi connectivity index (χ4v) is 3.28. The molecule has 0 atom stereocenters. The van der Waals surface area contributed by atoms with E-state index < -0.39 is 17.6 Å². The van der Waals surface area contributed by atoms with Gasteiger partial charge in [-0.25, -0.2) is 4.39 Å². The molecular formula is C20H19ClF4N2O. The lowest BCUT2D eigenvalue weighted by molar-refractivity contribution is -0.137. The van der Waals surface area contributed by atoms with E-state index in [1.54, 1.807) is 0 Å². The van der Waals surface area contributed by atoms with Crippen LogP contribution in [0.5, 0.6) is 0 Å². The number of hydrogen-bond donors (Lipinski definition) is 0. The van der Waals surface area contributed by atoms with Crippen LogP contribution in [0.1, 0.15) is 22.3 Å². The SMILES string of the molecule is O=C(CCN1CCN(c2ccc(C(F)(F)F)cc2)CC1)c1ccc(Cl)c(F)c1. The second-order valence-corrected chi connectivity index (χ2v) is 7.08. The van der Waals surface area contributed by atoms with Gasteiger partial charge in [0.05, 0.1) is 10.6 Å². The lowest BCUT2D eigenvalue weighted by Gasteiger charge is -2.36. The molecule has 0 aromatic heterocycles. The number of benzene rings is 2. The molecule has 1 heterocycles. The first-order chi connectivity index (χ1) is 13.2. The molecule has 0 saturated carbocycles. The first-order valence-corrected chi connectivity index (χ1v) is 9.24. The Morgan fingerprint density at radius 2 is 1.64 bits per heavy atom. The maximum Gasteiger partial charge on any atom is 0.416 e. The van der Waals surface area contributed by atoms with Crippen LogP contribution in [0.15, 0.2) is 42.5 Å². The topological polar surface area (TPSA) is 23.6 Å². The molecule has 0 unspecified atom stereocenters.